The summed E-state index contributed by atoms with van der Waals surface area (Å²) in [5.74, 6) is -1.45. The maximum absolute atomic E-state index is 15.3. The van der Waals surface area contributed by atoms with Crippen molar-refractivity contribution in [2.45, 2.75) is 65.3 Å². The van der Waals surface area contributed by atoms with Gasteiger partial charge >= 0.3 is 5.97 Å². The number of nitrogens with one attached hydrogen (secondary N) is 1. The van der Waals surface area contributed by atoms with Crippen LogP contribution in [0.3, 0.4) is 0 Å². The van der Waals surface area contributed by atoms with E-state index in [1.165, 1.54) is 12.1 Å². The number of benzene rings is 2. The minimum atomic E-state index is -1.11. The summed E-state index contributed by atoms with van der Waals surface area (Å²) in [6.45, 7) is 9.05. The molecule has 2 N–H and O–H groups in total. The number of carboxylic acid groups (broad SMARTS) is 1. The van der Waals surface area contributed by atoms with Crippen LogP contribution in [0.2, 0.25) is 0 Å². The van der Waals surface area contributed by atoms with Gasteiger partial charge in [-0.1, -0.05) is 58.0 Å². The van der Waals surface area contributed by atoms with Gasteiger partial charge in [-0.2, -0.15) is 17.6 Å². The molecular weight excluding hydrogens is 505 g/mol. The van der Waals surface area contributed by atoms with Crippen LogP contribution < -0.4 is 10.1 Å². The summed E-state index contributed by atoms with van der Waals surface area (Å²) in [5, 5.41) is 12.1. The minimum absolute atomic E-state index is 0.0367. The molecule has 0 unspecified atom stereocenters. The Hall–Kier alpha value is -3.33. The molecule has 0 spiro atoms. The van der Waals surface area contributed by atoms with Gasteiger partial charge in [-0.3, -0.25) is 9.36 Å². The Morgan fingerprint density at radius 1 is 1.16 bits per heavy atom. The number of thiol groups is 1. The number of halogens is 1. The number of carbonyl (C=O) groups is 2. The van der Waals surface area contributed by atoms with Crippen LogP contribution in [0, 0.1) is 11.7 Å². The molecule has 1 aromatic heterocycles. The van der Waals surface area contributed by atoms with Crippen molar-refractivity contribution in [1.29, 1.82) is 0 Å². The average molecular weight is 542 g/mol. The van der Waals surface area contributed by atoms with Crippen molar-refractivity contribution in [3.8, 4) is 17.1 Å². The number of carboxylic acids is 1. The van der Waals surface area contributed by atoms with Gasteiger partial charge in [0.2, 0.25) is 5.91 Å². The van der Waals surface area contributed by atoms with Gasteiger partial charge in [0.1, 0.15) is 5.82 Å². The zero-order valence-electron chi connectivity index (χ0n) is 22.3. The fourth-order valence-corrected chi connectivity index (χ4v) is 4.78. The molecule has 0 saturated heterocycles. The smallest absolute Gasteiger partial charge is 0.336 e. The number of nitrogens with zero attached hydrogens (tertiary/aromatic N) is 2. The highest BCUT2D eigenvalue weighted by Gasteiger charge is 2.21. The predicted octanol–water partition coefficient (Wildman–Crippen LogP) is 5.75. The number of aryl methyl sites for hydroxylation is 1. The molecule has 0 aliphatic carbocycles. The molecular formula is C29H36FN3O4S. The van der Waals surface area contributed by atoms with E-state index in [-0.39, 0.29) is 30.1 Å². The van der Waals surface area contributed by atoms with E-state index < -0.39 is 17.0 Å². The predicted molar refractivity (Wildman–Crippen MR) is 149 cm³/mol. The summed E-state index contributed by atoms with van der Waals surface area (Å²) in [5.41, 5.74) is 2.81. The number of hydrogen-bond acceptors (Lipinski definition) is 5. The van der Waals surface area contributed by atoms with Gasteiger partial charge in [0, 0.05) is 5.56 Å². The normalized spacial score (nSPS) is 12.0. The lowest BCUT2D eigenvalue weighted by Gasteiger charge is -2.16. The van der Waals surface area contributed by atoms with Crippen molar-refractivity contribution in [2.75, 3.05) is 6.61 Å². The topological polar surface area (TPSA) is 93.5 Å². The number of rotatable bonds is 13. The highest BCUT2D eigenvalue weighted by Crippen LogP contribution is 2.29. The fraction of sp³-hybridized carbons (Fsp3) is 0.414. The molecule has 3 rings (SSSR count). The molecule has 0 bridgehead atoms. The van der Waals surface area contributed by atoms with Crippen molar-refractivity contribution in [3.05, 3.63) is 70.8 Å². The van der Waals surface area contributed by atoms with Gasteiger partial charge in [0.05, 0.1) is 41.9 Å². The van der Waals surface area contributed by atoms with Gasteiger partial charge < -0.3 is 15.2 Å². The first-order chi connectivity index (χ1) is 18.2. The summed E-state index contributed by atoms with van der Waals surface area (Å²) in [6, 6.07) is 11.5. The van der Waals surface area contributed by atoms with E-state index in [1.54, 1.807) is 30.3 Å². The number of hydrogen-bond donors (Lipinski definition) is 3. The zero-order chi connectivity index (χ0) is 27.8. The average Bonchev–Trinajstić information content (AvgIpc) is 3.21. The number of aromatic carboxylic acids is 1. The van der Waals surface area contributed by atoms with Gasteiger partial charge in [-0.25, -0.2) is 9.18 Å². The molecule has 2 aromatic carbocycles. The fourth-order valence-electron chi connectivity index (χ4n) is 4.26. The largest absolute Gasteiger partial charge is 0.478 e. The number of imidazole rings is 1. The van der Waals surface area contributed by atoms with E-state index >= 15 is 4.39 Å². The first kappa shape index (κ1) is 29.2. The maximum atomic E-state index is 15.3. The van der Waals surface area contributed by atoms with E-state index in [2.05, 4.69) is 22.9 Å². The molecule has 1 heterocycles. The zero-order valence-corrected chi connectivity index (χ0v) is 23.2. The summed E-state index contributed by atoms with van der Waals surface area (Å²) in [7, 11) is 0. The lowest BCUT2D eigenvalue weighted by Crippen LogP contribution is -2.32. The third-order valence-electron chi connectivity index (χ3n) is 6.14. The molecule has 1 amide bonds. The Morgan fingerprint density at radius 3 is 2.53 bits per heavy atom. The molecule has 0 saturated carbocycles. The molecule has 0 aliphatic rings. The van der Waals surface area contributed by atoms with E-state index in [0.717, 1.165) is 17.8 Å². The van der Waals surface area contributed by atoms with Crippen LogP contribution in [0.4, 0.5) is 4.39 Å². The second kappa shape index (κ2) is 13.5. The highest BCUT2D eigenvalue weighted by molar-refractivity contribution is 7.81. The Kier molecular flexibility index (Phi) is 10.4. The first-order valence-corrected chi connectivity index (χ1v) is 13.5. The van der Waals surface area contributed by atoms with Gasteiger partial charge in [-0.05, 0) is 48.4 Å². The lowest BCUT2D eigenvalue weighted by atomic mass is 9.98. The molecule has 1 atom stereocenters. The molecule has 0 aliphatic heterocycles. The quantitative estimate of drug-likeness (QED) is 0.240. The summed E-state index contributed by atoms with van der Waals surface area (Å²) in [6.07, 6.45) is 2.09. The molecule has 9 heteroatoms. The van der Waals surface area contributed by atoms with E-state index in [4.69, 9.17) is 4.74 Å². The van der Waals surface area contributed by atoms with E-state index in [0.29, 0.717) is 42.5 Å². The van der Waals surface area contributed by atoms with E-state index in [1.807, 2.05) is 32.3 Å². The maximum Gasteiger partial charge on any atom is 0.336 e. The summed E-state index contributed by atoms with van der Waals surface area (Å²) >= 11 is 4.45. The number of ether oxygens (including phenoxy) is 1. The second-order valence-corrected chi connectivity index (χ2v) is 10.2. The lowest BCUT2D eigenvalue weighted by molar-refractivity contribution is -0.121. The Balaban J connectivity index is 1.93. The van der Waals surface area contributed by atoms with Crippen LogP contribution in [-0.4, -0.2) is 38.4 Å². The summed E-state index contributed by atoms with van der Waals surface area (Å²) in [4.78, 5) is 28.9. The Labute approximate surface area is 228 Å². The number of amides is 1. The molecule has 204 valence electrons. The van der Waals surface area contributed by atoms with Crippen molar-refractivity contribution in [3.63, 3.8) is 0 Å². The third-order valence-corrected chi connectivity index (χ3v) is 6.59. The third kappa shape index (κ3) is 7.16. The molecule has 3 aromatic rings. The van der Waals surface area contributed by atoms with Crippen LogP contribution in [0.25, 0.3) is 11.1 Å². The highest BCUT2D eigenvalue weighted by atomic mass is 32.1. The SMILES string of the molecule is CCCOc1nc(CC)c(CNC(=O)[C@H](S)CC(C)C)n1Cc1ccc(-c2ccccc2C(=O)O)c(F)c1. The van der Waals surface area contributed by atoms with Crippen LogP contribution >= 0.6 is 12.6 Å². The van der Waals surface area contributed by atoms with Crippen molar-refractivity contribution in [2.24, 2.45) is 5.92 Å². The van der Waals surface area contributed by atoms with Gasteiger partial charge in [0.15, 0.2) is 0 Å². The van der Waals surface area contributed by atoms with Gasteiger partial charge in [-0.15, -0.1) is 0 Å². The van der Waals surface area contributed by atoms with Crippen LogP contribution in [0.5, 0.6) is 6.01 Å². The monoisotopic (exact) mass is 541 g/mol. The Bertz CT molecular complexity index is 1270. The number of aromatic nitrogens is 2. The van der Waals surface area contributed by atoms with Crippen LogP contribution in [0.15, 0.2) is 42.5 Å². The minimum Gasteiger partial charge on any atom is -0.478 e. The van der Waals surface area contributed by atoms with E-state index in [9.17, 15) is 14.7 Å². The van der Waals surface area contributed by atoms with Gasteiger partial charge in [0.25, 0.3) is 6.01 Å². The van der Waals surface area contributed by atoms with Crippen molar-refractivity contribution in [1.82, 2.24) is 14.9 Å². The molecule has 7 nitrogen and oxygen atoms in total. The molecule has 38 heavy (non-hydrogen) atoms. The molecule has 0 fully saturated rings. The Morgan fingerprint density at radius 2 is 1.89 bits per heavy atom. The number of carbonyl (C=O) groups excluding carboxylic acids is 1. The second-order valence-electron chi connectivity index (χ2n) is 9.60. The standard InChI is InChI=1S/C29H36FN3O4S/c1-5-13-37-29-32-24(6-2)25(16-31-27(34)26(38)14-18(3)4)33(29)17-19-11-12-21(23(30)15-19)20-9-7-8-10-22(20)28(35)36/h7-12,15,18,26,38H,5-6,13-14,16-17H2,1-4H3,(H,31,34)(H,35,36)/t26-/m1/s1. The summed E-state index contributed by atoms with van der Waals surface area (Å²) < 4.78 is 23.1. The van der Waals surface area contributed by atoms with Crippen LogP contribution in [-0.2, 0) is 24.3 Å². The van der Waals surface area contributed by atoms with Crippen molar-refractivity contribution < 1.29 is 23.8 Å². The van der Waals surface area contributed by atoms with Crippen LogP contribution in [0.1, 0.15) is 67.8 Å². The first-order valence-electron chi connectivity index (χ1n) is 12.9. The van der Waals surface area contributed by atoms with Crippen molar-refractivity contribution >= 4 is 24.5 Å². The molecule has 0 radical (unpaired) electrons.